The maximum Gasteiger partial charge on any atom is 0.163 e. The maximum atomic E-state index is 13.4. The molecule has 0 amide bonds. The molecular weight excluding hydrogens is 244 g/mol. The van der Waals surface area contributed by atoms with E-state index < -0.39 is 11.6 Å². The molecule has 0 radical (unpaired) electrons. The molecule has 0 atom stereocenters. The van der Waals surface area contributed by atoms with Gasteiger partial charge in [0.05, 0.1) is 0 Å². The Morgan fingerprint density at radius 1 is 1.18 bits per heavy atom. The van der Waals surface area contributed by atoms with E-state index >= 15 is 0 Å². The predicted molar refractivity (Wildman–Crippen MR) is 65.1 cm³/mol. The molecule has 1 nitrogen and oxygen atoms in total. The number of rotatable bonds is 3. The first-order valence-electron chi connectivity index (χ1n) is 5.97. The summed E-state index contributed by atoms with van der Waals surface area (Å²) < 4.78 is 26.4. The Balaban J connectivity index is 1.87. The van der Waals surface area contributed by atoms with E-state index in [0.717, 1.165) is 31.7 Å². The SMILES string of the molecule is Fc1cccc(CNC2CCC(Cl)CC2)c1F. The number of nitrogens with one attached hydrogen (secondary N) is 1. The zero-order chi connectivity index (χ0) is 12.3. The first-order valence-corrected chi connectivity index (χ1v) is 6.41. The molecule has 2 rings (SSSR count). The Morgan fingerprint density at radius 2 is 1.88 bits per heavy atom. The highest BCUT2D eigenvalue weighted by Crippen LogP contribution is 2.23. The number of benzene rings is 1. The van der Waals surface area contributed by atoms with E-state index in [0.29, 0.717) is 18.2 Å². The maximum absolute atomic E-state index is 13.4. The number of alkyl halides is 1. The molecule has 0 heterocycles. The van der Waals surface area contributed by atoms with Crippen LogP contribution in [0.1, 0.15) is 31.2 Å². The highest BCUT2D eigenvalue weighted by atomic mass is 35.5. The van der Waals surface area contributed by atoms with Gasteiger partial charge in [-0.1, -0.05) is 12.1 Å². The van der Waals surface area contributed by atoms with Gasteiger partial charge in [0.25, 0.3) is 0 Å². The molecule has 1 N–H and O–H groups in total. The van der Waals surface area contributed by atoms with E-state index in [1.807, 2.05) is 0 Å². The first-order chi connectivity index (χ1) is 8.16. The van der Waals surface area contributed by atoms with Crippen LogP contribution in [0.3, 0.4) is 0 Å². The van der Waals surface area contributed by atoms with Crippen molar-refractivity contribution in [2.24, 2.45) is 0 Å². The highest BCUT2D eigenvalue weighted by molar-refractivity contribution is 6.20. The minimum absolute atomic E-state index is 0.277. The van der Waals surface area contributed by atoms with Crippen molar-refractivity contribution in [3.05, 3.63) is 35.4 Å². The van der Waals surface area contributed by atoms with Crippen LogP contribution >= 0.6 is 11.6 Å². The third-order valence-electron chi connectivity index (χ3n) is 3.27. The molecule has 1 aromatic carbocycles. The fourth-order valence-electron chi connectivity index (χ4n) is 2.20. The second-order valence-electron chi connectivity index (χ2n) is 4.54. The lowest BCUT2D eigenvalue weighted by Crippen LogP contribution is -2.33. The molecule has 0 spiro atoms. The van der Waals surface area contributed by atoms with E-state index in [2.05, 4.69) is 5.32 Å². The van der Waals surface area contributed by atoms with Gasteiger partial charge in [-0.25, -0.2) is 8.78 Å². The second kappa shape index (κ2) is 5.78. The smallest absolute Gasteiger partial charge is 0.163 e. The van der Waals surface area contributed by atoms with Gasteiger partial charge in [-0.05, 0) is 31.7 Å². The predicted octanol–water partition coefficient (Wildman–Crippen LogP) is 3.60. The number of hydrogen-bond acceptors (Lipinski definition) is 1. The monoisotopic (exact) mass is 259 g/mol. The average Bonchev–Trinajstić information content (AvgIpc) is 2.33. The lowest BCUT2D eigenvalue weighted by molar-refractivity contribution is 0.372. The van der Waals surface area contributed by atoms with E-state index in [-0.39, 0.29) is 5.38 Å². The molecule has 1 saturated carbocycles. The number of hydrogen-bond donors (Lipinski definition) is 1. The van der Waals surface area contributed by atoms with Crippen molar-refractivity contribution in [3.63, 3.8) is 0 Å². The summed E-state index contributed by atoms with van der Waals surface area (Å²) in [6.45, 7) is 0.376. The van der Waals surface area contributed by atoms with Gasteiger partial charge < -0.3 is 5.32 Å². The summed E-state index contributed by atoms with van der Waals surface area (Å²) in [5.74, 6) is -1.53. The lowest BCUT2D eigenvalue weighted by Gasteiger charge is -2.26. The summed E-state index contributed by atoms with van der Waals surface area (Å²) in [4.78, 5) is 0. The van der Waals surface area contributed by atoms with Gasteiger partial charge in [0.2, 0.25) is 0 Å². The van der Waals surface area contributed by atoms with Gasteiger partial charge in [0.1, 0.15) is 0 Å². The Hall–Kier alpha value is -0.670. The van der Waals surface area contributed by atoms with Crippen molar-refractivity contribution in [1.29, 1.82) is 0 Å². The molecule has 0 saturated heterocycles. The molecular formula is C13H16ClF2N. The number of halogens is 3. The molecule has 0 aliphatic heterocycles. The summed E-state index contributed by atoms with van der Waals surface area (Å²) in [5, 5.41) is 3.54. The van der Waals surface area contributed by atoms with Crippen LogP contribution in [0.15, 0.2) is 18.2 Å². The fraction of sp³-hybridized carbons (Fsp3) is 0.538. The Labute approximate surface area is 105 Å². The molecule has 0 bridgehead atoms. The minimum Gasteiger partial charge on any atom is -0.310 e. The Kier molecular flexibility index (Phi) is 4.35. The van der Waals surface area contributed by atoms with Gasteiger partial charge in [0, 0.05) is 23.5 Å². The molecule has 1 fully saturated rings. The first kappa shape index (κ1) is 12.8. The molecule has 17 heavy (non-hydrogen) atoms. The quantitative estimate of drug-likeness (QED) is 0.818. The Bertz CT molecular complexity index is 376. The topological polar surface area (TPSA) is 12.0 Å². The van der Waals surface area contributed by atoms with Crippen LogP contribution in [0.2, 0.25) is 0 Å². The van der Waals surface area contributed by atoms with E-state index in [1.165, 1.54) is 6.07 Å². The van der Waals surface area contributed by atoms with E-state index in [4.69, 9.17) is 11.6 Å². The van der Waals surface area contributed by atoms with Crippen LogP contribution in [0, 0.1) is 11.6 Å². The Morgan fingerprint density at radius 3 is 2.59 bits per heavy atom. The molecule has 0 unspecified atom stereocenters. The van der Waals surface area contributed by atoms with Crippen LogP contribution < -0.4 is 5.32 Å². The molecule has 1 aromatic rings. The average molecular weight is 260 g/mol. The van der Waals surface area contributed by atoms with Gasteiger partial charge in [-0.2, -0.15) is 0 Å². The van der Waals surface area contributed by atoms with Crippen molar-refractivity contribution >= 4 is 11.6 Å². The van der Waals surface area contributed by atoms with Crippen LogP contribution in [0.4, 0.5) is 8.78 Å². The van der Waals surface area contributed by atoms with Gasteiger partial charge in [-0.15, -0.1) is 11.6 Å². The molecule has 94 valence electrons. The highest BCUT2D eigenvalue weighted by Gasteiger charge is 2.19. The largest absolute Gasteiger partial charge is 0.310 e. The van der Waals surface area contributed by atoms with Crippen LogP contribution in [0.5, 0.6) is 0 Å². The zero-order valence-corrected chi connectivity index (χ0v) is 10.3. The summed E-state index contributed by atoms with van der Waals surface area (Å²) in [6, 6.07) is 4.65. The van der Waals surface area contributed by atoms with Gasteiger partial charge in [0.15, 0.2) is 11.6 Å². The van der Waals surface area contributed by atoms with E-state index in [1.54, 1.807) is 6.07 Å². The standard InChI is InChI=1S/C13H16ClF2N/c14-10-4-6-11(7-5-10)17-8-9-2-1-3-12(15)13(9)16/h1-3,10-11,17H,4-8H2. The zero-order valence-electron chi connectivity index (χ0n) is 9.56. The van der Waals surface area contributed by atoms with Crippen molar-refractivity contribution in [2.45, 2.75) is 43.6 Å². The molecule has 0 aromatic heterocycles. The van der Waals surface area contributed by atoms with Crippen molar-refractivity contribution in [1.82, 2.24) is 5.32 Å². The van der Waals surface area contributed by atoms with Crippen LogP contribution in [-0.4, -0.2) is 11.4 Å². The summed E-state index contributed by atoms with van der Waals surface area (Å²) in [7, 11) is 0. The second-order valence-corrected chi connectivity index (χ2v) is 5.16. The summed E-state index contributed by atoms with van der Waals surface area (Å²) >= 11 is 6.01. The minimum atomic E-state index is -0.784. The van der Waals surface area contributed by atoms with Crippen molar-refractivity contribution in [3.8, 4) is 0 Å². The van der Waals surface area contributed by atoms with Crippen molar-refractivity contribution in [2.75, 3.05) is 0 Å². The molecule has 4 heteroatoms. The third kappa shape index (κ3) is 3.39. The molecule has 1 aliphatic carbocycles. The lowest BCUT2D eigenvalue weighted by atomic mass is 9.95. The normalized spacial score (nSPS) is 24.9. The molecule has 1 aliphatic rings. The van der Waals surface area contributed by atoms with Crippen molar-refractivity contribution < 1.29 is 8.78 Å². The summed E-state index contributed by atoms with van der Waals surface area (Å²) in [5.41, 5.74) is 0.387. The van der Waals surface area contributed by atoms with Gasteiger partial charge in [-0.3, -0.25) is 0 Å². The van der Waals surface area contributed by atoms with Gasteiger partial charge >= 0.3 is 0 Å². The van der Waals surface area contributed by atoms with Crippen LogP contribution in [0.25, 0.3) is 0 Å². The summed E-state index contributed by atoms with van der Waals surface area (Å²) in [6.07, 6.45) is 3.99. The third-order valence-corrected chi connectivity index (χ3v) is 3.71. The van der Waals surface area contributed by atoms with E-state index in [9.17, 15) is 8.78 Å². The fourth-order valence-corrected chi connectivity index (χ4v) is 2.45. The van der Waals surface area contributed by atoms with Crippen LogP contribution in [-0.2, 0) is 6.54 Å².